The van der Waals surface area contributed by atoms with Crippen LogP contribution in [0, 0.1) is 6.92 Å². The number of anilines is 5. The van der Waals surface area contributed by atoms with Crippen LogP contribution in [0.3, 0.4) is 0 Å². The fourth-order valence-electron chi connectivity index (χ4n) is 15.3. The summed E-state index contributed by atoms with van der Waals surface area (Å²) in [5.74, 6) is 0. The molecule has 2 nitrogen and oxygen atoms in total. The first-order valence-corrected chi connectivity index (χ1v) is 27.3. The van der Waals surface area contributed by atoms with E-state index >= 15 is 0 Å². The van der Waals surface area contributed by atoms with Crippen LogP contribution in [0.5, 0.6) is 0 Å². The number of rotatable bonds is 2. The van der Waals surface area contributed by atoms with Crippen molar-refractivity contribution in [3.63, 3.8) is 0 Å². The summed E-state index contributed by atoms with van der Waals surface area (Å²) in [5, 5.41) is 2.61. The predicted octanol–water partition coefficient (Wildman–Crippen LogP) is 17.2. The van der Waals surface area contributed by atoms with E-state index in [0.717, 1.165) is 0 Å². The molecular weight excluding hydrogens is 856 g/mol. The smallest absolute Gasteiger partial charge is 0.333 e. The van der Waals surface area contributed by atoms with Crippen molar-refractivity contribution < 1.29 is 0 Å². The lowest BCUT2D eigenvalue weighted by Gasteiger charge is -2.50. The number of aryl methyl sites for hydroxylation is 1. The molecule has 2 heterocycles. The zero-order valence-electron chi connectivity index (χ0n) is 45.6. The van der Waals surface area contributed by atoms with Crippen molar-refractivity contribution >= 4 is 57.0 Å². The van der Waals surface area contributed by atoms with Gasteiger partial charge < -0.3 is 9.71 Å². The topological polar surface area (TPSA) is 6.48 Å². The molecule has 0 atom stereocenters. The van der Waals surface area contributed by atoms with E-state index in [0.29, 0.717) is 0 Å². The van der Waals surface area contributed by atoms with Crippen molar-refractivity contribution in [1.29, 1.82) is 0 Å². The molecule has 0 saturated heterocycles. The Morgan fingerprint density at radius 1 is 0.394 bits per heavy atom. The van der Waals surface area contributed by atoms with Crippen LogP contribution >= 0.6 is 0 Å². The maximum absolute atomic E-state index is 2.88. The van der Waals surface area contributed by atoms with E-state index in [4.69, 9.17) is 0 Å². The molecule has 0 spiro atoms. The van der Waals surface area contributed by atoms with Crippen LogP contribution in [-0.4, -0.2) is 6.85 Å². The van der Waals surface area contributed by atoms with E-state index in [1.807, 2.05) is 0 Å². The Balaban J connectivity index is 1.23. The van der Waals surface area contributed by atoms with Crippen molar-refractivity contribution in [3.8, 4) is 22.3 Å². The number of hydrogen-bond acceptors (Lipinski definition) is 2. The number of nitrogens with zero attached hydrogens (tertiary/aromatic N) is 2. The SMILES string of the molecule is Cc1cc2c(cc1N1c3ccc4c(c3B3c5c(cc6ccccc6c51)-c1cc5c(cc1N3c1ccc3c(c1)C(C)(C)CCC3(C)C)C(C)(C)CCC5(C)C)-c1ccccc1C4(C)C)C(C)(C)CCC2(C)C. The standard InChI is InChI=1S/C68H75BN2/c1-40-34-50-53(66(10,11)32-30-63(50,4)5)38-56(40)70-55-27-26-49-58(44-22-18-19-23-47(44)68(49,14)15)60(55)69-59-46(35-41-20-16-17-21-43(41)61(59)70)45-37-52-54(67(12,13)33-31-65(52,8)9)39-57(45)71(69)42-24-25-48-51(36-42)64(6,7)29-28-62(48,2)3/h16-27,34-39H,28-33H2,1-15H3. The molecule has 13 rings (SSSR count). The molecule has 0 radical (unpaired) electrons. The molecule has 0 aromatic heterocycles. The minimum atomic E-state index is -0.164. The van der Waals surface area contributed by atoms with Gasteiger partial charge in [0.25, 0.3) is 0 Å². The average molecular weight is 931 g/mol. The molecule has 3 heteroatoms. The molecule has 4 aliphatic carbocycles. The van der Waals surface area contributed by atoms with E-state index in [9.17, 15) is 0 Å². The largest absolute Gasteiger partial charge is 0.376 e. The van der Waals surface area contributed by atoms with Crippen LogP contribution in [0.1, 0.15) is 186 Å². The fraction of sp³-hybridized carbons (Fsp3) is 0.412. The van der Waals surface area contributed by atoms with Gasteiger partial charge in [0.1, 0.15) is 0 Å². The highest BCUT2D eigenvalue weighted by molar-refractivity contribution is 6.95. The Morgan fingerprint density at radius 2 is 0.915 bits per heavy atom. The molecule has 7 aromatic rings. The van der Waals surface area contributed by atoms with Crippen molar-refractivity contribution in [2.24, 2.45) is 0 Å². The second-order valence-electron chi connectivity index (χ2n) is 27.7. The van der Waals surface area contributed by atoms with E-state index in [1.165, 1.54) is 161 Å². The molecule has 0 unspecified atom stereocenters. The highest BCUT2D eigenvalue weighted by atomic mass is 15.2. The third-order valence-corrected chi connectivity index (χ3v) is 20.1. The first kappa shape index (κ1) is 45.3. The second-order valence-corrected chi connectivity index (χ2v) is 27.7. The summed E-state index contributed by atoms with van der Waals surface area (Å²) in [4.78, 5) is 5.66. The van der Waals surface area contributed by atoms with Gasteiger partial charge in [-0.1, -0.05) is 164 Å². The molecule has 0 N–H and O–H groups in total. The minimum Gasteiger partial charge on any atom is -0.376 e. The third kappa shape index (κ3) is 6.08. The summed E-state index contributed by atoms with van der Waals surface area (Å²) < 4.78 is 0. The van der Waals surface area contributed by atoms with Gasteiger partial charge in [-0.3, -0.25) is 0 Å². The Morgan fingerprint density at radius 3 is 1.56 bits per heavy atom. The van der Waals surface area contributed by atoms with Crippen LogP contribution < -0.4 is 20.6 Å². The molecule has 0 saturated carbocycles. The first-order valence-electron chi connectivity index (χ1n) is 27.3. The van der Waals surface area contributed by atoms with Gasteiger partial charge in [-0.15, -0.1) is 0 Å². The molecule has 2 aliphatic heterocycles. The van der Waals surface area contributed by atoms with Gasteiger partial charge in [0, 0.05) is 39.1 Å². The zero-order chi connectivity index (χ0) is 49.9. The second kappa shape index (κ2) is 14.1. The lowest BCUT2D eigenvalue weighted by molar-refractivity contribution is 0.332. The van der Waals surface area contributed by atoms with Crippen molar-refractivity contribution in [2.75, 3.05) is 9.71 Å². The lowest BCUT2D eigenvalue weighted by Crippen LogP contribution is -2.62. The Labute approximate surface area is 426 Å². The van der Waals surface area contributed by atoms with Crippen LogP contribution in [-0.2, 0) is 37.9 Å². The summed E-state index contributed by atoms with van der Waals surface area (Å²) in [6.07, 6.45) is 7.10. The molecule has 0 fully saturated rings. The minimum absolute atomic E-state index is 0.0417. The van der Waals surface area contributed by atoms with E-state index < -0.39 is 0 Å². The monoisotopic (exact) mass is 931 g/mol. The molecule has 0 bridgehead atoms. The van der Waals surface area contributed by atoms with Gasteiger partial charge >= 0.3 is 6.85 Å². The average Bonchev–Trinajstić information content (AvgIpc) is 3.56. The van der Waals surface area contributed by atoms with Gasteiger partial charge in [0.15, 0.2) is 0 Å². The van der Waals surface area contributed by atoms with Crippen LogP contribution in [0.15, 0.2) is 109 Å². The van der Waals surface area contributed by atoms with Crippen LogP contribution in [0.25, 0.3) is 33.0 Å². The summed E-state index contributed by atoms with van der Waals surface area (Å²) in [7, 11) is 0. The fourth-order valence-corrected chi connectivity index (χ4v) is 15.3. The Hall–Kier alpha value is -5.54. The number of hydrogen-bond donors (Lipinski definition) is 0. The van der Waals surface area contributed by atoms with Gasteiger partial charge in [0.05, 0.1) is 5.69 Å². The quantitative estimate of drug-likeness (QED) is 0.159. The van der Waals surface area contributed by atoms with E-state index in [2.05, 4.69) is 223 Å². The molecule has 7 aromatic carbocycles. The summed E-state index contributed by atoms with van der Waals surface area (Å²) in [5.41, 5.74) is 28.5. The lowest BCUT2D eigenvalue weighted by atomic mass is 9.41. The summed E-state index contributed by atoms with van der Waals surface area (Å²) >= 11 is 0. The third-order valence-electron chi connectivity index (χ3n) is 20.1. The van der Waals surface area contributed by atoms with Crippen LogP contribution in [0.2, 0.25) is 0 Å². The zero-order valence-corrected chi connectivity index (χ0v) is 45.6. The maximum Gasteiger partial charge on any atom is 0.333 e. The molecule has 0 amide bonds. The van der Waals surface area contributed by atoms with Gasteiger partial charge in [-0.25, -0.2) is 0 Å². The molecule has 6 aliphatic rings. The number of fused-ring (bicyclic) bond motifs is 13. The van der Waals surface area contributed by atoms with Crippen LogP contribution in [0.4, 0.5) is 28.4 Å². The van der Waals surface area contributed by atoms with Gasteiger partial charge in [0.2, 0.25) is 0 Å². The van der Waals surface area contributed by atoms with Crippen molar-refractivity contribution in [3.05, 3.63) is 159 Å². The van der Waals surface area contributed by atoms with Gasteiger partial charge in [-0.2, -0.15) is 0 Å². The first-order chi connectivity index (χ1) is 33.3. The summed E-state index contributed by atoms with van der Waals surface area (Å²) in [6.45, 7) is 37.1. The Kier molecular flexibility index (Phi) is 9.03. The Bertz CT molecular complexity index is 3500. The number of benzene rings is 7. The molecular formula is C68H75BN2. The summed E-state index contributed by atoms with van der Waals surface area (Å²) in [6, 6.07) is 44.7. The molecule has 71 heavy (non-hydrogen) atoms. The van der Waals surface area contributed by atoms with E-state index in [-0.39, 0.29) is 44.8 Å². The van der Waals surface area contributed by atoms with E-state index in [1.54, 1.807) is 0 Å². The molecule has 360 valence electrons. The van der Waals surface area contributed by atoms with Gasteiger partial charge in [-0.05, 0) is 203 Å². The van der Waals surface area contributed by atoms with Crippen molar-refractivity contribution in [1.82, 2.24) is 0 Å². The highest BCUT2D eigenvalue weighted by Gasteiger charge is 2.52. The maximum atomic E-state index is 2.88. The normalized spacial score (nSPS) is 21.3. The highest BCUT2D eigenvalue weighted by Crippen LogP contribution is 2.59. The van der Waals surface area contributed by atoms with Crippen molar-refractivity contribution in [2.45, 2.75) is 180 Å². The predicted molar refractivity (Wildman–Crippen MR) is 306 cm³/mol.